The molecule has 0 aliphatic heterocycles. The van der Waals surface area contributed by atoms with Crippen molar-refractivity contribution in [3.63, 3.8) is 0 Å². The second-order valence-corrected chi connectivity index (χ2v) is 6.03. The van der Waals surface area contributed by atoms with Gasteiger partial charge >= 0.3 is 6.09 Å². The molecular weight excluding hydrogens is 320 g/mol. The molecule has 0 spiro atoms. The zero-order valence-electron chi connectivity index (χ0n) is 13.2. The van der Waals surface area contributed by atoms with Gasteiger partial charge in [-0.3, -0.25) is 10.1 Å². The van der Waals surface area contributed by atoms with Crippen LogP contribution in [-0.4, -0.2) is 34.8 Å². The number of carbonyl (C=O) groups is 1. The van der Waals surface area contributed by atoms with Crippen LogP contribution in [0.4, 0.5) is 16.2 Å². The number of alkyl carbamates (subject to hydrolysis) is 1. The quantitative estimate of drug-likeness (QED) is 0.327. The molecule has 0 aliphatic carbocycles. The number of carbonyl (C=O) groups excluding carboxylic acids is 1. The van der Waals surface area contributed by atoms with E-state index in [0.717, 1.165) is 0 Å². The molecule has 0 radical (unpaired) electrons. The maximum absolute atomic E-state index is 11.4. The van der Waals surface area contributed by atoms with Gasteiger partial charge in [0.15, 0.2) is 5.11 Å². The fourth-order valence-electron chi connectivity index (χ4n) is 1.53. The van der Waals surface area contributed by atoms with Gasteiger partial charge in [-0.1, -0.05) is 6.07 Å². The molecule has 0 aliphatic rings. The van der Waals surface area contributed by atoms with Crippen LogP contribution >= 0.6 is 12.2 Å². The molecule has 0 atom stereocenters. The van der Waals surface area contributed by atoms with Gasteiger partial charge < -0.3 is 20.7 Å². The smallest absolute Gasteiger partial charge is 0.407 e. The van der Waals surface area contributed by atoms with Crippen molar-refractivity contribution in [1.82, 2.24) is 10.6 Å². The van der Waals surface area contributed by atoms with E-state index < -0.39 is 16.6 Å². The Kier molecular flexibility index (Phi) is 6.70. The molecule has 0 bridgehead atoms. The van der Waals surface area contributed by atoms with Gasteiger partial charge in [-0.25, -0.2) is 4.79 Å². The van der Waals surface area contributed by atoms with Crippen LogP contribution in [0.2, 0.25) is 0 Å². The molecule has 0 saturated heterocycles. The Morgan fingerprint density at radius 3 is 2.57 bits per heavy atom. The van der Waals surface area contributed by atoms with Gasteiger partial charge in [-0.05, 0) is 39.1 Å². The monoisotopic (exact) mass is 340 g/mol. The molecule has 8 nitrogen and oxygen atoms in total. The lowest BCUT2D eigenvalue weighted by Crippen LogP contribution is -2.39. The van der Waals surface area contributed by atoms with Gasteiger partial charge in [-0.2, -0.15) is 0 Å². The molecule has 0 fully saturated rings. The average Bonchev–Trinajstić information content (AvgIpc) is 2.42. The number of hydrogen-bond acceptors (Lipinski definition) is 5. The summed E-state index contributed by atoms with van der Waals surface area (Å²) in [6, 6.07) is 6.01. The van der Waals surface area contributed by atoms with E-state index >= 15 is 0 Å². The summed E-state index contributed by atoms with van der Waals surface area (Å²) in [6.45, 7) is 6.06. The molecule has 1 amide bonds. The minimum absolute atomic E-state index is 0.0237. The van der Waals surface area contributed by atoms with Gasteiger partial charge in [0.2, 0.25) is 0 Å². The van der Waals surface area contributed by atoms with Crippen molar-refractivity contribution < 1.29 is 14.5 Å². The summed E-state index contributed by atoms with van der Waals surface area (Å²) in [7, 11) is 0. The predicted molar refractivity (Wildman–Crippen MR) is 91.6 cm³/mol. The Morgan fingerprint density at radius 2 is 1.96 bits per heavy atom. The van der Waals surface area contributed by atoms with Gasteiger partial charge in [0, 0.05) is 30.9 Å². The third-order valence-electron chi connectivity index (χ3n) is 2.39. The van der Waals surface area contributed by atoms with E-state index in [4.69, 9.17) is 17.0 Å². The molecule has 0 aromatic heterocycles. The van der Waals surface area contributed by atoms with Gasteiger partial charge in [0.05, 0.1) is 4.92 Å². The fourth-order valence-corrected chi connectivity index (χ4v) is 1.75. The Morgan fingerprint density at radius 1 is 1.30 bits per heavy atom. The predicted octanol–water partition coefficient (Wildman–Crippen LogP) is 2.41. The number of non-ortho nitro benzene ring substituents is 1. The fraction of sp³-hybridized carbons (Fsp3) is 0.429. The van der Waals surface area contributed by atoms with Crippen molar-refractivity contribution >= 4 is 34.8 Å². The van der Waals surface area contributed by atoms with Crippen LogP contribution in [0.5, 0.6) is 0 Å². The first-order valence-corrected chi connectivity index (χ1v) is 7.34. The zero-order valence-corrected chi connectivity index (χ0v) is 14.0. The van der Waals surface area contributed by atoms with Crippen molar-refractivity contribution in [2.24, 2.45) is 0 Å². The molecule has 0 heterocycles. The largest absolute Gasteiger partial charge is 0.444 e. The van der Waals surface area contributed by atoms with Crippen LogP contribution in [0.3, 0.4) is 0 Å². The summed E-state index contributed by atoms with van der Waals surface area (Å²) in [6.07, 6.45) is -0.503. The van der Waals surface area contributed by atoms with E-state index in [0.29, 0.717) is 23.9 Å². The second kappa shape index (κ2) is 8.28. The summed E-state index contributed by atoms with van der Waals surface area (Å²) in [4.78, 5) is 21.6. The van der Waals surface area contributed by atoms with Crippen LogP contribution in [0, 0.1) is 10.1 Å². The van der Waals surface area contributed by atoms with Crippen LogP contribution in [0.15, 0.2) is 24.3 Å². The number of nitro benzene ring substituents is 1. The minimum Gasteiger partial charge on any atom is -0.444 e. The number of rotatable bonds is 5. The van der Waals surface area contributed by atoms with E-state index in [2.05, 4.69) is 16.0 Å². The number of nitrogens with one attached hydrogen (secondary N) is 3. The zero-order chi connectivity index (χ0) is 17.5. The molecule has 0 unspecified atom stereocenters. The van der Waals surface area contributed by atoms with Crippen LogP contribution in [-0.2, 0) is 4.74 Å². The number of nitro groups is 1. The Balaban J connectivity index is 2.31. The maximum atomic E-state index is 11.4. The van der Waals surface area contributed by atoms with Crippen molar-refractivity contribution in [2.45, 2.75) is 26.4 Å². The Hall–Kier alpha value is -2.42. The summed E-state index contributed by atoms with van der Waals surface area (Å²) >= 11 is 5.08. The van der Waals surface area contributed by atoms with E-state index in [1.807, 2.05) is 0 Å². The number of anilines is 1. The minimum atomic E-state index is -0.545. The number of amides is 1. The Bertz CT molecular complexity index is 586. The van der Waals surface area contributed by atoms with Gasteiger partial charge in [0.25, 0.3) is 5.69 Å². The summed E-state index contributed by atoms with van der Waals surface area (Å²) in [5.41, 5.74) is -0.0580. The molecular formula is C14H20N4O4S. The van der Waals surface area contributed by atoms with E-state index in [9.17, 15) is 14.9 Å². The molecule has 3 N–H and O–H groups in total. The summed E-state index contributed by atoms with van der Waals surface area (Å²) in [5.74, 6) is 0. The third-order valence-corrected chi connectivity index (χ3v) is 2.64. The first-order chi connectivity index (χ1) is 10.7. The lowest BCUT2D eigenvalue weighted by Gasteiger charge is -2.19. The molecule has 1 rings (SSSR count). The number of ether oxygens (including phenoxy) is 1. The van der Waals surface area contributed by atoms with E-state index in [1.165, 1.54) is 12.1 Å². The number of benzene rings is 1. The van der Waals surface area contributed by atoms with E-state index in [1.54, 1.807) is 32.9 Å². The van der Waals surface area contributed by atoms with Crippen LogP contribution in [0.25, 0.3) is 0 Å². The Labute approximate surface area is 139 Å². The number of nitrogens with zero attached hydrogens (tertiary/aromatic N) is 1. The van der Waals surface area contributed by atoms with Gasteiger partial charge in [0.1, 0.15) is 5.60 Å². The van der Waals surface area contributed by atoms with E-state index in [-0.39, 0.29) is 5.69 Å². The maximum Gasteiger partial charge on any atom is 0.407 e. The first-order valence-electron chi connectivity index (χ1n) is 6.93. The van der Waals surface area contributed by atoms with Crippen molar-refractivity contribution in [2.75, 3.05) is 18.4 Å². The molecule has 1 aromatic carbocycles. The second-order valence-electron chi connectivity index (χ2n) is 5.62. The standard InChI is InChI=1S/C14H20N4O4S/c1-14(2,3)22-13(19)16-8-7-15-12(23)17-10-5-4-6-11(9-10)18(20)21/h4-6,9H,7-8H2,1-3H3,(H,16,19)(H2,15,17,23). The lowest BCUT2D eigenvalue weighted by atomic mass is 10.2. The molecule has 1 aromatic rings. The third kappa shape index (κ3) is 7.96. The topological polar surface area (TPSA) is 106 Å². The first kappa shape index (κ1) is 18.6. The highest BCUT2D eigenvalue weighted by Crippen LogP contribution is 2.16. The SMILES string of the molecule is CC(C)(C)OC(=O)NCCNC(=S)Nc1cccc([N+](=O)[O-])c1. The number of hydrogen-bond donors (Lipinski definition) is 3. The van der Waals surface area contributed by atoms with Crippen molar-refractivity contribution in [3.8, 4) is 0 Å². The number of thiocarbonyl (C=S) groups is 1. The molecule has 0 saturated carbocycles. The van der Waals surface area contributed by atoms with Crippen molar-refractivity contribution in [1.29, 1.82) is 0 Å². The molecule has 23 heavy (non-hydrogen) atoms. The highest BCUT2D eigenvalue weighted by Gasteiger charge is 2.15. The van der Waals surface area contributed by atoms with Crippen molar-refractivity contribution in [3.05, 3.63) is 34.4 Å². The van der Waals surface area contributed by atoms with Crippen LogP contribution < -0.4 is 16.0 Å². The normalized spacial score (nSPS) is 10.6. The summed E-state index contributed by atoms with van der Waals surface area (Å²) < 4.78 is 5.09. The highest BCUT2D eigenvalue weighted by molar-refractivity contribution is 7.80. The van der Waals surface area contributed by atoms with Gasteiger partial charge in [-0.15, -0.1) is 0 Å². The average molecular weight is 340 g/mol. The summed E-state index contributed by atoms with van der Waals surface area (Å²) in [5, 5.41) is 19.3. The highest BCUT2D eigenvalue weighted by atomic mass is 32.1. The lowest BCUT2D eigenvalue weighted by molar-refractivity contribution is -0.384. The molecule has 126 valence electrons. The van der Waals surface area contributed by atoms with Crippen LogP contribution in [0.1, 0.15) is 20.8 Å². The molecule has 9 heteroatoms.